The maximum atomic E-state index is 4.55. The minimum atomic E-state index is 0.235. The fraction of sp³-hybridized carbons (Fsp3) is 0.812. The van der Waals surface area contributed by atoms with Gasteiger partial charge in [-0.2, -0.15) is 5.10 Å². The van der Waals surface area contributed by atoms with Crippen molar-refractivity contribution < 1.29 is 0 Å². The van der Waals surface area contributed by atoms with E-state index in [4.69, 9.17) is 0 Å². The van der Waals surface area contributed by atoms with Crippen LogP contribution < -0.4 is 5.32 Å². The van der Waals surface area contributed by atoms with Crippen molar-refractivity contribution in [3.63, 3.8) is 0 Å². The number of nitrogens with one attached hydrogen (secondary N) is 1. The molecule has 4 heteroatoms. The smallest absolute Gasteiger partial charge is 0.0764 e. The van der Waals surface area contributed by atoms with Crippen LogP contribution in [-0.4, -0.2) is 39.4 Å². The van der Waals surface area contributed by atoms with Crippen molar-refractivity contribution in [1.29, 1.82) is 0 Å². The molecule has 1 saturated heterocycles. The molecule has 20 heavy (non-hydrogen) atoms. The summed E-state index contributed by atoms with van der Waals surface area (Å²) in [7, 11) is 1.99. The Bertz CT molecular complexity index is 428. The van der Waals surface area contributed by atoms with Gasteiger partial charge in [0.2, 0.25) is 0 Å². The van der Waals surface area contributed by atoms with Crippen LogP contribution >= 0.6 is 0 Å². The number of hydrogen-bond acceptors (Lipinski definition) is 3. The number of nitrogens with zero attached hydrogens (tertiary/aromatic N) is 3. The van der Waals surface area contributed by atoms with Crippen LogP contribution in [0, 0.1) is 5.92 Å². The summed E-state index contributed by atoms with van der Waals surface area (Å²) in [6.45, 7) is 12.4. The molecule has 0 aromatic carbocycles. The van der Waals surface area contributed by atoms with Crippen molar-refractivity contribution >= 4 is 0 Å². The van der Waals surface area contributed by atoms with E-state index in [1.54, 1.807) is 0 Å². The fourth-order valence-electron chi connectivity index (χ4n) is 3.10. The summed E-state index contributed by atoms with van der Waals surface area (Å²) in [5.41, 5.74) is 1.42. The van der Waals surface area contributed by atoms with Crippen LogP contribution in [-0.2, 0) is 13.6 Å². The van der Waals surface area contributed by atoms with Gasteiger partial charge in [-0.25, -0.2) is 0 Å². The monoisotopic (exact) mass is 278 g/mol. The summed E-state index contributed by atoms with van der Waals surface area (Å²) in [5, 5.41) is 8.32. The second-order valence-electron chi connectivity index (χ2n) is 6.63. The van der Waals surface area contributed by atoms with Gasteiger partial charge in [-0.3, -0.25) is 9.58 Å². The molecule has 1 fully saturated rings. The Hall–Kier alpha value is -0.870. The van der Waals surface area contributed by atoms with E-state index in [0.29, 0.717) is 12.0 Å². The standard InChI is InChI=1S/C16H30N4/c1-6-13(3)15-10-17-16(4,7-2)12-20(15)11-14-8-9-19(5)18-14/h8-9,13,15,17H,6-7,10-12H2,1-5H3. The van der Waals surface area contributed by atoms with Gasteiger partial charge in [-0.15, -0.1) is 0 Å². The summed E-state index contributed by atoms with van der Waals surface area (Å²) in [4.78, 5) is 2.64. The molecule has 3 unspecified atom stereocenters. The highest BCUT2D eigenvalue weighted by molar-refractivity contribution is 5.03. The SMILES string of the molecule is CCC(C)C1CNC(C)(CC)CN1Cc1ccn(C)n1. The number of aryl methyl sites for hydroxylation is 1. The Balaban J connectivity index is 2.13. The molecule has 0 bridgehead atoms. The van der Waals surface area contributed by atoms with E-state index in [0.717, 1.165) is 19.6 Å². The van der Waals surface area contributed by atoms with Gasteiger partial charge in [-0.1, -0.05) is 27.2 Å². The molecule has 0 aliphatic carbocycles. The van der Waals surface area contributed by atoms with Crippen molar-refractivity contribution in [2.45, 2.75) is 58.7 Å². The van der Waals surface area contributed by atoms with Crippen molar-refractivity contribution in [1.82, 2.24) is 20.0 Å². The van der Waals surface area contributed by atoms with E-state index in [9.17, 15) is 0 Å². The zero-order valence-electron chi connectivity index (χ0n) is 13.7. The summed E-state index contributed by atoms with van der Waals surface area (Å²) in [6.07, 6.45) is 4.43. The first kappa shape index (κ1) is 15.5. The lowest BCUT2D eigenvalue weighted by atomic mass is 9.88. The molecule has 1 aliphatic rings. The van der Waals surface area contributed by atoms with Gasteiger partial charge in [0, 0.05) is 44.5 Å². The quantitative estimate of drug-likeness (QED) is 0.898. The number of piperazine rings is 1. The molecule has 1 N–H and O–H groups in total. The van der Waals surface area contributed by atoms with Crippen LogP contribution in [0.1, 0.15) is 46.2 Å². The molecule has 1 aromatic rings. The zero-order valence-corrected chi connectivity index (χ0v) is 13.7. The highest BCUT2D eigenvalue weighted by atomic mass is 15.3. The fourth-order valence-corrected chi connectivity index (χ4v) is 3.10. The molecular weight excluding hydrogens is 248 g/mol. The molecule has 4 nitrogen and oxygen atoms in total. The Morgan fingerprint density at radius 1 is 1.50 bits per heavy atom. The maximum Gasteiger partial charge on any atom is 0.0764 e. The van der Waals surface area contributed by atoms with Crippen LogP contribution in [0.4, 0.5) is 0 Å². The third-order valence-electron chi connectivity index (χ3n) is 4.97. The lowest BCUT2D eigenvalue weighted by molar-refractivity contribution is 0.0476. The Kier molecular flexibility index (Phi) is 4.86. The van der Waals surface area contributed by atoms with Crippen LogP contribution in [0.5, 0.6) is 0 Å². The van der Waals surface area contributed by atoms with Gasteiger partial charge >= 0.3 is 0 Å². The largest absolute Gasteiger partial charge is 0.309 e. The molecule has 0 radical (unpaired) electrons. The topological polar surface area (TPSA) is 33.1 Å². The lowest BCUT2D eigenvalue weighted by Gasteiger charge is -2.47. The average molecular weight is 278 g/mol. The number of aromatic nitrogens is 2. The summed E-state index contributed by atoms with van der Waals surface area (Å²) in [6, 6.07) is 2.75. The molecule has 2 heterocycles. The highest BCUT2D eigenvalue weighted by Gasteiger charge is 2.36. The summed E-state index contributed by atoms with van der Waals surface area (Å²) < 4.78 is 1.90. The molecule has 1 aromatic heterocycles. The van der Waals surface area contributed by atoms with Crippen LogP contribution in [0.15, 0.2) is 12.3 Å². The number of rotatable bonds is 5. The Morgan fingerprint density at radius 3 is 2.80 bits per heavy atom. The van der Waals surface area contributed by atoms with Gasteiger partial charge in [-0.05, 0) is 25.3 Å². The van der Waals surface area contributed by atoms with Gasteiger partial charge in [0.15, 0.2) is 0 Å². The van der Waals surface area contributed by atoms with E-state index >= 15 is 0 Å². The molecule has 3 atom stereocenters. The zero-order chi connectivity index (χ0) is 14.8. The second-order valence-corrected chi connectivity index (χ2v) is 6.63. The van der Waals surface area contributed by atoms with E-state index in [1.807, 2.05) is 17.9 Å². The first-order chi connectivity index (χ1) is 9.47. The van der Waals surface area contributed by atoms with Gasteiger partial charge < -0.3 is 5.32 Å². The van der Waals surface area contributed by atoms with Gasteiger partial charge in [0.05, 0.1) is 5.69 Å². The van der Waals surface area contributed by atoms with Crippen LogP contribution in [0.2, 0.25) is 0 Å². The predicted molar refractivity (Wildman–Crippen MR) is 83.6 cm³/mol. The number of hydrogen-bond donors (Lipinski definition) is 1. The lowest BCUT2D eigenvalue weighted by Crippen LogP contribution is -2.63. The third kappa shape index (κ3) is 3.41. The Morgan fingerprint density at radius 2 is 2.25 bits per heavy atom. The second kappa shape index (κ2) is 6.27. The van der Waals surface area contributed by atoms with Crippen LogP contribution in [0.3, 0.4) is 0 Å². The normalized spacial score (nSPS) is 29.6. The van der Waals surface area contributed by atoms with Crippen LogP contribution in [0.25, 0.3) is 0 Å². The van der Waals surface area contributed by atoms with E-state index in [-0.39, 0.29) is 5.54 Å². The first-order valence-electron chi connectivity index (χ1n) is 7.95. The van der Waals surface area contributed by atoms with E-state index in [1.165, 1.54) is 18.5 Å². The average Bonchev–Trinajstić information content (AvgIpc) is 2.83. The molecule has 0 amide bonds. The third-order valence-corrected chi connectivity index (χ3v) is 4.97. The minimum Gasteiger partial charge on any atom is -0.309 e. The maximum absolute atomic E-state index is 4.55. The molecular formula is C16H30N4. The molecule has 0 spiro atoms. The molecule has 1 aliphatic heterocycles. The van der Waals surface area contributed by atoms with Crippen molar-refractivity contribution in [2.75, 3.05) is 13.1 Å². The molecule has 114 valence electrons. The van der Waals surface area contributed by atoms with Gasteiger partial charge in [0.1, 0.15) is 0 Å². The Labute approximate surface area is 123 Å². The minimum absolute atomic E-state index is 0.235. The predicted octanol–water partition coefficient (Wildman–Crippen LogP) is 2.41. The molecule has 0 saturated carbocycles. The summed E-state index contributed by atoms with van der Waals surface area (Å²) in [5.74, 6) is 0.715. The van der Waals surface area contributed by atoms with Crippen molar-refractivity contribution in [2.24, 2.45) is 13.0 Å². The summed E-state index contributed by atoms with van der Waals surface area (Å²) >= 11 is 0. The van der Waals surface area contributed by atoms with Crippen molar-refractivity contribution in [3.05, 3.63) is 18.0 Å². The van der Waals surface area contributed by atoms with E-state index in [2.05, 4.69) is 49.1 Å². The van der Waals surface area contributed by atoms with E-state index < -0.39 is 0 Å². The highest BCUT2D eigenvalue weighted by Crippen LogP contribution is 2.25. The van der Waals surface area contributed by atoms with Crippen molar-refractivity contribution in [3.8, 4) is 0 Å². The van der Waals surface area contributed by atoms with Gasteiger partial charge in [0.25, 0.3) is 0 Å². The first-order valence-corrected chi connectivity index (χ1v) is 7.95. The molecule has 2 rings (SSSR count).